The highest BCUT2D eigenvalue weighted by Gasteiger charge is 2.18. The van der Waals surface area contributed by atoms with Crippen LogP contribution >= 0.6 is 0 Å². The average Bonchev–Trinajstić information content (AvgIpc) is 2.59. The van der Waals surface area contributed by atoms with Crippen LogP contribution < -0.4 is 5.32 Å². The van der Waals surface area contributed by atoms with Crippen molar-refractivity contribution in [2.24, 2.45) is 13.0 Å². The first-order chi connectivity index (χ1) is 7.02. The quantitative estimate of drug-likeness (QED) is 0.749. The molecule has 0 spiro atoms. The number of rotatable bonds is 5. The Kier molecular flexibility index (Phi) is 3.85. The zero-order chi connectivity index (χ0) is 11.4. The summed E-state index contributed by atoms with van der Waals surface area (Å²) < 4.78 is 1.91. The van der Waals surface area contributed by atoms with E-state index in [9.17, 15) is 4.79 Å². The molecule has 2 N–H and O–H groups in total. The lowest BCUT2D eigenvalue weighted by Gasteiger charge is -2.17. The third-order valence-corrected chi connectivity index (χ3v) is 2.64. The fourth-order valence-corrected chi connectivity index (χ4v) is 1.21. The Hall–Kier alpha value is -1.36. The van der Waals surface area contributed by atoms with E-state index in [0.29, 0.717) is 6.54 Å². The van der Waals surface area contributed by atoms with E-state index in [4.69, 9.17) is 5.11 Å². The predicted molar refractivity (Wildman–Crippen MR) is 56.3 cm³/mol. The molecule has 2 atom stereocenters. The Morgan fingerprint density at radius 3 is 2.80 bits per heavy atom. The number of nitrogens with zero attached hydrogens (tertiary/aromatic N) is 2. The second-order valence-electron chi connectivity index (χ2n) is 3.75. The van der Waals surface area contributed by atoms with Crippen LogP contribution in [0.15, 0.2) is 12.4 Å². The van der Waals surface area contributed by atoms with Gasteiger partial charge in [-0.25, -0.2) is 4.98 Å². The van der Waals surface area contributed by atoms with Crippen molar-refractivity contribution in [2.45, 2.75) is 26.4 Å². The molecule has 5 heteroatoms. The Labute approximate surface area is 89.1 Å². The maximum Gasteiger partial charge on any atom is 0.307 e. The molecule has 5 nitrogen and oxygen atoms in total. The van der Waals surface area contributed by atoms with E-state index in [-0.39, 0.29) is 6.04 Å². The van der Waals surface area contributed by atoms with Crippen LogP contribution in [0.5, 0.6) is 0 Å². The van der Waals surface area contributed by atoms with Crippen molar-refractivity contribution in [3.05, 3.63) is 18.2 Å². The first-order valence-corrected chi connectivity index (χ1v) is 4.94. The van der Waals surface area contributed by atoms with E-state index < -0.39 is 11.9 Å². The lowest BCUT2D eigenvalue weighted by molar-refractivity contribution is -0.141. The second-order valence-corrected chi connectivity index (χ2v) is 3.75. The van der Waals surface area contributed by atoms with Crippen LogP contribution in [-0.4, -0.2) is 26.7 Å². The Morgan fingerprint density at radius 2 is 2.33 bits per heavy atom. The Balaban J connectivity index is 2.44. The molecule has 84 valence electrons. The first-order valence-electron chi connectivity index (χ1n) is 4.94. The molecule has 15 heavy (non-hydrogen) atoms. The molecule has 1 heterocycles. The smallest absolute Gasteiger partial charge is 0.307 e. The van der Waals surface area contributed by atoms with E-state index in [2.05, 4.69) is 10.3 Å². The molecule has 1 aromatic rings. The third kappa shape index (κ3) is 3.06. The van der Waals surface area contributed by atoms with E-state index in [1.807, 2.05) is 24.7 Å². The summed E-state index contributed by atoms with van der Waals surface area (Å²) in [5.74, 6) is -0.278. The highest BCUT2D eigenvalue weighted by atomic mass is 16.4. The molecular weight excluding hydrogens is 194 g/mol. The van der Waals surface area contributed by atoms with Crippen molar-refractivity contribution in [3.63, 3.8) is 0 Å². The van der Waals surface area contributed by atoms with Crippen molar-refractivity contribution < 1.29 is 9.90 Å². The van der Waals surface area contributed by atoms with Crippen LogP contribution in [0, 0.1) is 5.92 Å². The predicted octanol–water partition coefficient (Wildman–Crippen LogP) is 0.619. The van der Waals surface area contributed by atoms with Crippen molar-refractivity contribution in [2.75, 3.05) is 0 Å². The van der Waals surface area contributed by atoms with Gasteiger partial charge < -0.3 is 15.0 Å². The molecular formula is C10H17N3O2. The van der Waals surface area contributed by atoms with Gasteiger partial charge >= 0.3 is 5.97 Å². The van der Waals surface area contributed by atoms with Crippen molar-refractivity contribution >= 4 is 5.97 Å². The van der Waals surface area contributed by atoms with Gasteiger partial charge in [-0.15, -0.1) is 0 Å². The number of carboxylic acid groups (broad SMARTS) is 1. The number of aliphatic carboxylic acids is 1. The summed E-state index contributed by atoms with van der Waals surface area (Å²) in [5, 5.41) is 11.9. The Bertz CT molecular complexity index is 335. The summed E-state index contributed by atoms with van der Waals surface area (Å²) in [6, 6.07) is -0.0702. The van der Waals surface area contributed by atoms with Crippen molar-refractivity contribution in [3.8, 4) is 0 Å². The minimum absolute atomic E-state index is 0.0702. The number of hydrogen-bond acceptors (Lipinski definition) is 3. The van der Waals surface area contributed by atoms with Gasteiger partial charge in [-0.3, -0.25) is 4.79 Å². The van der Waals surface area contributed by atoms with Gasteiger partial charge in [0.2, 0.25) is 0 Å². The van der Waals surface area contributed by atoms with Crippen LogP contribution in [0.1, 0.15) is 19.7 Å². The van der Waals surface area contributed by atoms with Gasteiger partial charge in [0, 0.05) is 25.5 Å². The summed E-state index contributed by atoms with van der Waals surface area (Å²) >= 11 is 0. The van der Waals surface area contributed by atoms with Crippen molar-refractivity contribution in [1.82, 2.24) is 14.9 Å². The number of aryl methyl sites for hydroxylation is 1. The number of hydrogen-bond donors (Lipinski definition) is 2. The van der Waals surface area contributed by atoms with Gasteiger partial charge in [0.15, 0.2) is 0 Å². The molecule has 0 aliphatic rings. The van der Waals surface area contributed by atoms with Gasteiger partial charge in [-0.1, -0.05) is 6.92 Å². The molecule has 0 saturated heterocycles. The maximum atomic E-state index is 10.7. The summed E-state index contributed by atoms with van der Waals surface area (Å²) in [5.41, 5.74) is 0. The minimum atomic E-state index is -0.783. The minimum Gasteiger partial charge on any atom is -0.481 e. The largest absolute Gasteiger partial charge is 0.481 e. The Morgan fingerprint density at radius 1 is 1.67 bits per heavy atom. The molecule has 0 saturated carbocycles. The molecule has 0 amide bonds. The molecule has 0 aromatic carbocycles. The third-order valence-electron chi connectivity index (χ3n) is 2.64. The highest BCUT2D eigenvalue weighted by Crippen LogP contribution is 2.03. The highest BCUT2D eigenvalue weighted by molar-refractivity contribution is 5.70. The van der Waals surface area contributed by atoms with Crippen LogP contribution in [0.3, 0.4) is 0 Å². The summed E-state index contributed by atoms with van der Waals surface area (Å²) in [4.78, 5) is 14.9. The molecule has 0 fully saturated rings. The van der Waals surface area contributed by atoms with Gasteiger partial charge in [-0.05, 0) is 6.92 Å². The van der Waals surface area contributed by atoms with Gasteiger partial charge in [0.1, 0.15) is 5.82 Å². The van der Waals surface area contributed by atoms with E-state index in [1.165, 1.54) is 0 Å². The zero-order valence-corrected chi connectivity index (χ0v) is 9.27. The second kappa shape index (κ2) is 4.93. The molecule has 1 aromatic heterocycles. The molecule has 2 unspecified atom stereocenters. The summed E-state index contributed by atoms with van der Waals surface area (Å²) in [6.07, 6.45) is 3.59. The van der Waals surface area contributed by atoms with Gasteiger partial charge in [0.05, 0.1) is 12.5 Å². The van der Waals surface area contributed by atoms with Crippen LogP contribution in [0.4, 0.5) is 0 Å². The number of carbonyl (C=O) groups is 1. The monoisotopic (exact) mass is 211 g/mol. The number of aromatic nitrogens is 2. The van der Waals surface area contributed by atoms with Crippen molar-refractivity contribution in [1.29, 1.82) is 0 Å². The zero-order valence-electron chi connectivity index (χ0n) is 9.27. The SMILES string of the molecule is CC(NCc1nccn1C)C(C)C(=O)O. The lowest BCUT2D eigenvalue weighted by Crippen LogP contribution is -2.36. The van der Waals surface area contributed by atoms with Crippen LogP contribution in [0.2, 0.25) is 0 Å². The fraction of sp³-hybridized carbons (Fsp3) is 0.600. The van der Waals surface area contributed by atoms with E-state index >= 15 is 0 Å². The van der Waals surface area contributed by atoms with Gasteiger partial charge in [-0.2, -0.15) is 0 Å². The standard InChI is InChI=1S/C10H17N3O2/c1-7(10(14)15)8(2)12-6-9-11-4-5-13(9)3/h4-5,7-8,12H,6H2,1-3H3,(H,14,15). The van der Waals surface area contributed by atoms with E-state index in [1.54, 1.807) is 13.1 Å². The normalized spacial score (nSPS) is 14.9. The van der Waals surface area contributed by atoms with Crippen LogP contribution in [-0.2, 0) is 18.4 Å². The number of imidazole rings is 1. The molecule has 0 aliphatic carbocycles. The summed E-state index contributed by atoms with van der Waals surface area (Å²) in [7, 11) is 1.91. The molecule has 1 rings (SSSR count). The number of nitrogens with one attached hydrogen (secondary N) is 1. The van der Waals surface area contributed by atoms with Gasteiger partial charge in [0.25, 0.3) is 0 Å². The fourth-order valence-electron chi connectivity index (χ4n) is 1.21. The molecule has 0 radical (unpaired) electrons. The lowest BCUT2D eigenvalue weighted by atomic mass is 10.0. The van der Waals surface area contributed by atoms with E-state index in [0.717, 1.165) is 5.82 Å². The topological polar surface area (TPSA) is 67.2 Å². The molecule has 0 aliphatic heterocycles. The number of carboxylic acids is 1. The first kappa shape index (κ1) is 11.7. The maximum absolute atomic E-state index is 10.7. The molecule has 0 bridgehead atoms. The van der Waals surface area contributed by atoms with Crippen LogP contribution in [0.25, 0.3) is 0 Å². The average molecular weight is 211 g/mol. The summed E-state index contributed by atoms with van der Waals surface area (Å²) in [6.45, 7) is 4.14.